The second-order valence-corrected chi connectivity index (χ2v) is 5.49. The van der Waals surface area contributed by atoms with E-state index in [4.69, 9.17) is 4.74 Å². The van der Waals surface area contributed by atoms with Gasteiger partial charge in [-0.3, -0.25) is 4.79 Å². The van der Waals surface area contributed by atoms with E-state index >= 15 is 0 Å². The third-order valence-corrected chi connectivity index (χ3v) is 3.49. The molecule has 0 radical (unpaired) electrons. The van der Waals surface area contributed by atoms with Crippen molar-refractivity contribution in [3.63, 3.8) is 0 Å². The van der Waals surface area contributed by atoms with Crippen LogP contribution in [0.3, 0.4) is 0 Å². The van der Waals surface area contributed by atoms with E-state index in [1.54, 1.807) is 7.05 Å². The number of hydrogen-bond donors (Lipinski definition) is 0. The van der Waals surface area contributed by atoms with Gasteiger partial charge in [0.1, 0.15) is 6.61 Å². The number of rotatable bonds is 8. The zero-order valence-corrected chi connectivity index (χ0v) is 13.6. The van der Waals surface area contributed by atoms with Crippen molar-refractivity contribution in [3.05, 3.63) is 0 Å². The van der Waals surface area contributed by atoms with Crippen molar-refractivity contribution in [2.45, 2.75) is 26.7 Å². The van der Waals surface area contributed by atoms with Crippen molar-refractivity contribution >= 4 is 30.3 Å². The summed E-state index contributed by atoms with van der Waals surface area (Å²) in [6.07, 6.45) is -0.779. The highest BCUT2D eigenvalue weighted by atomic mass is 32.2. The first-order valence-corrected chi connectivity index (χ1v) is 7.29. The third-order valence-electron chi connectivity index (χ3n) is 2.58. The summed E-state index contributed by atoms with van der Waals surface area (Å²) < 4.78 is 19.4. The molecule has 0 aromatic rings. The number of halogens is 1. The molecule has 0 aliphatic heterocycles. The highest BCUT2D eigenvalue weighted by molar-refractivity contribution is 7.95. The Labute approximate surface area is 128 Å². The fourth-order valence-electron chi connectivity index (χ4n) is 1.15. The number of likely N-dealkylation sites (N-methyl/N-ethyl adjacent to an activating group) is 1. The van der Waals surface area contributed by atoms with Crippen molar-refractivity contribution < 1.29 is 23.5 Å². The van der Waals surface area contributed by atoms with E-state index in [9.17, 15) is 18.8 Å². The zero-order chi connectivity index (χ0) is 16.4. The average Bonchev–Trinajstić information content (AvgIpc) is 2.42. The lowest BCUT2D eigenvalue weighted by Gasteiger charge is -2.24. The Balaban J connectivity index is 4.36. The van der Waals surface area contributed by atoms with Crippen molar-refractivity contribution in [2.24, 2.45) is 0 Å². The van der Waals surface area contributed by atoms with Gasteiger partial charge in [0.2, 0.25) is 5.91 Å². The molecule has 9 heteroatoms. The van der Waals surface area contributed by atoms with E-state index in [-0.39, 0.29) is 19.1 Å². The predicted octanol–water partition coefficient (Wildman–Crippen LogP) is 2.29. The third kappa shape index (κ3) is 8.38. The molecule has 7 nitrogen and oxygen atoms in total. The molecule has 0 saturated carbocycles. The Morgan fingerprint density at radius 2 is 1.81 bits per heavy atom. The summed E-state index contributed by atoms with van der Waals surface area (Å²) in [5, 5.41) is 0. The first-order valence-electron chi connectivity index (χ1n) is 6.56. The molecule has 0 atom stereocenters. The molecule has 122 valence electrons. The van der Waals surface area contributed by atoms with Crippen LogP contribution in [0.1, 0.15) is 26.7 Å². The topological polar surface area (TPSA) is 70.2 Å². The molecule has 0 aromatic carbocycles. The van der Waals surface area contributed by atoms with Gasteiger partial charge in [0.25, 0.3) is 0 Å². The Morgan fingerprint density at radius 1 is 1.19 bits per heavy atom. The van der Waals surface area contributed by atoms with Gasteiger partial charge in [0.15, 0.2) is 0 Å². The standard InChI is InChI=1S/C12H22FN3O4S/c1-5-6-7-16(21-15(4)11(13)18)12(19)20-9-8-14(3)10(2)17/h5-9H2,1-4H3. The molecular weight excluding hydrogens is 301 g/mol. The molecule has 0 N–H and O–H groups in total. The number of carbonyl (C=O) groups excluding carboxylic acids is 3. The molecular formula is C12H22FN3O4S. The quantitative estimate of drug-likeness (QED) is 0.389. The summed E-state index contributed by atoms with van der Waals surface area (Å²) in [4.78, 5) is 34.9. The van der Waals surface area contributed by atoms with E-state index in [0.717, 1.165) is 6.42 Å². The van der Waals surface area contributed by atoms with Crippen LogP contribution in [0.15, 0.2) is 0 Å². The van der Waals surface area contributed by atoms with Crippen LogP contribution in [0, 0.1) is 0 Å². The van der Waals surface area contributed by atoms with Gasteiger partial charge in [-0.1, -0.05) is 13.3 Å². The maximum atomic E-state index is 12.5. The van der Waals surface area contributed by atoms with Gasteiger partial charge in [-0.15, -0.1) is 4.39 Å². The van der Waals surface area contributed by atoms with E-state index < -0.39 is 12.3 Å². The number of ether oxygens (including phenoxy) is 1. The average molecular weight is 323 g/mol. The summed E-state index contributed by atoms with van der Waals surface area (Å²) in [6.45, 7) is 3.99. The first-order chi connectivity index (χ1) is 9.79. The number of carbonyl (C=O) groups is 3. The van der Waals surface area contributed by atoms with Gasteiger partial charge in [0, 0.05) is 27.6 Å². The van der Waals surface area contributed by atoms with Crippen molar-refractivity contribution in [2.75, 3.05) is 33.8 Å². The molecule has 0 aliphatic rings. The number of hydrogen-bond acceptors (Lipinski definition) is 5. The molecule has 0 spiro atoms. The summed E-state index contributed by atoms with van der Waals surface area (Å²) in [5.74, 6) is -0.133. The van der Waals surface area contributed by atoms with Crippen LogP contribution in [0.4, 0.5) is 14.0 Å². The maximum Gasteiger partial charge on any atom is 0.421 e. The van der Waals surface area contributed by atoms with Crippen molar-refractivity contribution in [1.82, 2.24) is 13.5 Å². The minimum Gasteiger partial charge on any atom is -0.447 e. The first kappa shape index (κ1) is 19.5. The van der Waals surface area contributed by atoms with Gasteiger partial charge in [0.05, 0.1) is 18.7 Å². The van der Waals surface area contributed by atoms with Gasteiger partial charge >= 0.3 is 12.3 Å². The molecule has 0 rings (SSSR count). The van der Waals surface area contributed by atoms with Crippen LogP contribution in [-0.4, -0.2) is 65.5 Å². The minimum absolute atomic E-state index is 0.0331. The van der Waals surface area contributed by atoms with Crippen LogP contribution >= 0.6 is 12.1 Å². The monoisotopic (exact) mass is 323 g/mol. The largest absolute Gasteiger partial charge is 0.447 e. The lowest BCUT2D eigenvalue weighted by Crippen LogP contribution is -2.34. The van der Waals surface area contributed by atoms with Crippen LogP contribution in [0.25, 0.3) is 0 Å². The Bertz CT molecular complexity index is 370. The number of amides is 3. The molecule has 0 fully saturated rings. The van der Waals surface area contributed by atoms with E-state index in [0.29, 0.717) is 29.4 Å². The fourth-order valence-corrected chi connectivity index (χ4v) is 1.84. The molecule has 0 unspecified atom stereocenters. The van der Waals surface area contributed by atoms with Crippen molar-refractivity contribution in [3.8, 4) is 0 Å². The highest BCUT2D eigenvalue weighted by Crippen LogP contribution is 2.17. The highest BCUT2D eigenvalue weighted by Gasteiger charge is 2.21. The second kappa shape index (κ2) is 10.3. The second-order valence-electron chi connectivity index (χ2n) is 4.34. The number of nitrogens with zero attached hydrogens (tertiary/aromatic N) is 3. The van der Waals surface area contributed by atoms with Gasteiger partial charge in [-0.2, -0.15) is 0 Å². The van der Waals surface area contributed by atoms with E-state index in [2.05, 4.69) is 0 Å². The zero-order valence-electron chi connectivity index (χ0n) is 12.8. The van der Waals surface area contributed by atoms with Crippen LogP contribution in [0.5, 0.6) is 0 Å². The Morgan fingerprint density at radius 3 is 2.29 bits per heavy atom. The number of unbranched alkanes of at least 4 members (excludes halogenated alkanes) is 1. The fraction of sp³-hybridized carbons (Fsp3) is 0.750. The predicted molar refractivity (Wildman–Crippen MR) is 78.1 cm³/mol. The summed E-state index contributed by atoms with van der Waals surface area (Å²) in [5.41, 5.74) is 0. The Hall–Kier alpha value is -1.51. The van der Waals surface area contributed by atoms with Gasteiger partial charge in [-0.25, -0.2) is 18.2 Å². The molecule has 0 heterocycles. The van der Waals surface area contributed by atoms with E-state index in [1.807, 2.05) is 6.92 Å². The molecule has 21 heavy (non-hydrogen) atoms. The molecule has 0 bridgehead atoms. The van der Waals surface area contributed by atoms with Crippen LogP contribution in [-0.2, 0) is 9.53 Å². The summed E-state index contributed by atoms with van der Waals surface area (Å²) in [6, 6.07) is 0. The normalized spacial score (nSPS) is 9.95. The molecule has 3 amide bonds. The van der Waals surface area contributed by atoms with Gasteiger partial charge < -0.3 is 9.64 Å². The summed E-state index contributed by atoms with van der Waals surface area (Å²) in [7, 11) is 2.82. The lowest BCUT2D eigenvalue weighted by atomic mass is 10.3. The maximum absolute atomic E-state index is 12.5. The SMILES string of the molecule is CCCCN(SN(C)C(=O)F)C(=O)OCCN(C)C(C)=O. The molecule has 0 aliphatic carbocycles. The van der Waals surface area contributed by atoms with E-state index in [1.165, 1.54) is 23.2 Å². The molecule has 0 saturated heterocycles. The smallest absolute Gasteiger partial charge is 0.421 e. The van der Waals surface area contributed by atoms with Gasteiger partial charge in [-0.05, 0) is 6.42 Å². The lowest BCUT2D eigenvalue weighted by molar-refractivity contribution is -0.128. The minimum atomic E-state index is -1.65. The van der Waals surface area contributed by atoms with Crippen LogP contribution < -0.4 is 0 Å². The Kier molecular flexibility index (Phi) is 9.51. The summed E-state index contributed by atoms with van der Waals surface area (Å²) >= 11 is 0.653. The van der Waals surface area contributed by atoms with Crippen LogP contribution in [0.2, 0.25) is 0 Å². The molecule has 0 aromatic heterocycles. The van der Waals surface area contributed by atoms with Crippen molar-refractivity contribution in [1.29, 1.82) is 0 Å².